The summed E-state index contributed by atoms with van der Waals surface area (Å²) in [5, 5.41) is 3.39. The van der Waals surface area contributed by atoms with Crippen LogP contribution in [0, 0.1) is 6.20 Å². The van der Waals surface area contributed by atoms with Crippen LogP contribution < -0.4 is 0 Å². The Bertz CT molecular complexity index is 128. The summed E-state index contributed by atoms with van der Waals surface area (Å²) in [6.07, 6.45) is 5.22. The number of nitrogens with zero attached hydrogens (tertiary/aromatic N) is 1. The zero-order chi connectivity index (χ0) is 7.11. The topological polar surface area (TPSA) is 26.0 Å². The minimum atomic E-state index is 0. The molecule has 1 rings (SSSR count). The Morgan fingerprint density at radius 1 is 1.60 bits per heavy atom. The van der Waals surface area contributed by atoms with Gasteiger partial charge >= 0.3 is 0 Å². The van der Waals surface area contributed by atoms with E-state index in [0.29, 0.717) is 0 Å². The molecule has 0 aliphatic rings. The van der Waals surface area contributed by atoms with E-state index < -0.39 is 0 Å². The maximum Gasteiger partial charge on any atom is 0 e. The molecule has 10 heavy (non-hydrogen) atoms. The Labute approximate surface area is 55.9 Å². The summed E-state index contributed by atoms with van der Waals surface area (Å²) in [4.78, 5) is 0. The second-order valence-corrected chi connectivity index (χ2v) is 1.31. The van der Waals surface area contributed by atoms with Gasteiger partial charge in [0.15, 0.2) is 0 Å². The fourth-order valence-electron chi connectivity index (χ4n) is 0.364. The second-order valence-electron chi connectivity index (χ2n) is 1.31. The van der Waals surface area contributed by atoms with Gasteiger partial charge in [0.25, 0.3) is 0 Å². The summed E-state index contributed by atoms with van der Waals surface area (Å²) >= 11 is 0. The van der Waals surface area contributed by atoms with Crippen LogP contribution in [0.3, 0.4) is 0 Å². The van der Waals surface area contributed by atoms with Crippen LogP contribution in [0.25, 0.3) is 0 Å². The molecular formula is C7H12NORf-. The normalized spacial score (nSPS) is 7.10. The number of hydrogen-bond acceptors (Lipinski definition) is 2. The molecule has 0 unspecified atom stereocenters. The first-order valence-corrected chi connectivity index (χ1v) is 3.24. The average molecular weight is 393 g/mol. The van der Waals surface area contributed by atoms with Crippen LogP contribution in [0.1, 0.15) is 26.3 Å². The molecule has 0 aliphatic heterocycles. The SMILES string of the molecule is CC.CCc1[c-]noc1.[Rf]. The van der Waals surface area contributed by atoms with Crippen molar-refractivity contribution in [3.8, 4) is 0 Å². The van der Waals surface area contributed by atoms with Crippen molar-refractivity contribution in [3.63, 3.8) is 0 Å². The minimum absolute atomic E-state index is 0. The van der Waals surface area contributed by atoms with E-state index in [2.05, 4.69) is 15.9 Å². The molecule has 0 fully saturated rings. The number of rotatable bonds is 1. The van der Waals surface area contributed by atoms with Crippen LogP contribution in [0.4, 0.5) is 0 Å². The first-order valence-electron chi connectivity index (χ1n) is 3.24. The summed E-state index contributed by atoms with van der Waals surface area (Å²) in [6.45, 7) is 6.03. The Morgan fingerprint density at radius 2 is 2.20 bits per heavy atom. The summed E-state index contributed by atoms with van der Waals surface area (Å²) in [5.74, 6) is 0. The zero-order valence-electron chi connectivity index (χ0n) is 6.85. The molecule has 0 amide bonds. The zero-order valence-corrected chi connectivity index (χ0v) is 13.2. The van der Waals surface area contributed by atoms with Crippen LogP contribution in [0.5, 0.6) is 0 Å². The Balaban J connectivity index is 0. The molecule has 0 saturated carbocycles. The van der Waals surface area contributed by atoms with Gasteiger partial charge in [-0.1, -0.05) is 33.4 Å². The molecule has 1 heterocycles. The Morgan fingerprint density at radius 3 is 2.40 bits per heavy atom. The summed E-state index contributed by atoms with van der Waals surface area (Å²) in [7, 11) is 0. The molecule has 3 heteroatoms. The van der Waals surface area contributed by atoms with Crippen molar-refractivity contribution in [2.75, 3.05) is 0 Å². The van der Waals surface area contributed by atoms with Crippen LogP contribution in [0.2, 0.25) is 0 Å². The van der Waals surface area contributed by atoms with E-state index in [0.717, 1.165) is 12.0 Å². The fourth-order valence-corrected chi connectivity index (χ4v) is 0.364. The van der Waals surface area contributed by atoms with Gasteiger partial charge in [-0.2, -0.15) is 5.56 Å². The molecule has 2 nitrogen and oxygen atoms in total. The predicted octanol–water partition coefficient (Wildman–Crippen LogP) is 2.06. The maximum absolute atomic E-state index is 4.50. The van der Waals surface area contributed by atoms with Gasteiger partial charge in [-0.25, -0.2) is 5.16 Å². The van der Waals surface area contributed by atoms with E-state index in [1.165, 1.54) is 0 Å². The predicted molar refractivity (Wildman–Crippen MR) is 36.1 cm³/mol. The molecule has 0 atom stereocenters. The summed E-state index contributed by atoms with van der Waals surface area (Å²) in [6, 6.07) is 0. The van der Waals surface area contributed by atoms with Crippen molar-refractivity contribution in [2.24, 2.45) is 0 Å². The van der Waals surface area contributed by atoms with Crippen molar-refractivity contribution in [2.45, 2.75) is 27.2 Å². The van der Waals surface area contributed by atoms with Crippen molar-refractivity contribution in [1.29, 1.82) is 0 Å². The van der Waals surface area contributed by atoms with Gasteiger partial charge in [0.1, 0.15) is 0 Å². The minimum Gasteiger partial charge on any atom is -0.473 e. The third kappa shape index (κ3) is 3.24. The molecule has 0 bridgehead atoms. The quantitative estimate of drug-likeness (QED) is 0.683. The van der Waals surface area contributed by atoms with Gasteiger partial charge in [0.05, 0.1) is 0 Å². The van der Waals surface area contributed by atoms with Crippen molar-refractivity contribution in [3.05, 3.63) is 18.0 Å². The number of hydrogen-bond donors (Lipinski definition) is 0. The smallest absolute Gasteiger partial charge is 0 e. The standard InChI is InChI=1S/C5H6NO.C2H6.Rf/c1-2-5-3-6-7-4-5;1-2;/h4H,2H2,1H3;1-2H3;/q-1;;. The Kier molecular flexibility index (Phi) is 7.98. The first kappa shape index (κ1) is 11.1. The molecule has 0 aliphatic carbocycles. The summed E-state index contributed by atoms with van der Waals surface area (Å²) in [5.41, 5.74) is 1.03. The summed E-state index contributed by atoms with van der Waals surface area (Å²) < 4.78 is 4.50. The number of aromatic nitrogens is 1. The van der Waals surface area contributed by atoms with E-state index >= 15 is 0 Å². The van der Waals surface area contributed by atoms with E-state index in [4.69, 9.17) is 0 Å². The maximum atomic E-state index is 4.50. The van der Waals surface area contributed by atoms with Crippen LogP contribution in [-0.2, 0) is 6.42 Å². The van der Waals surface area contributed by atoms with Gasteiger partial charge in [-0.3, -0.25) is 0 Å². The van der Waals surface area contributed by atoms with Gasteiger partial charge in [0.2, 0.25) is 0 Å². The van der Waals surface area contributed by atoms with Crippen molar-refractivity contribution in [1.82, 2.24) is 5.16 Å². The van der Waals surface area contributed by atoms with Gasteiger partial charge < -0.3 is 4.52 Å². The molecule has 0 radical (unpaired) electrons. The van der Waals surface area contributed by atoms with E-state index in [1.807, 2.05) is 20.8 Å². The van der Waals surface area contributed by atoms with Gasteiger partial charge in [-0.05, 0) is 6.26 Å². The van der Waals surface area contributed by atoms with Gasteiger partial charge in [0, 0.05) is 0 Å². The monoisotopic (exact) mass is 393 g/mol. The first-order chi connectivity index (χ1) is 4.43. The Hall–Kier alpha value is -1.79. The molecule has 54 valence electrons. The molecule has 0 aromatic carbocycles. The van der Waals surface area contributed by atoms with Gasteiger partial charge in [-0.15, -0.1) is 0 Å². The van der Waals surface area contributed by atoms with E-state index in [-0.39, 0.29) is 0 Å². The largest absolute Gasteiger partial charge is 0.473 e. The van der Waals surface area contributed by atoms with Crippen LogP contribution >= 0.6 is 0 Å². The van der Waals surface area contributed by atoms with Crippen LogP contribution in [-0.4, -0.2) is 5.16 Å². The molecular weight excluding hydrogens is 381 g/mol. The third-order valence-electron chi connectivity index (χ3n) is 0.818. The van der Waals surface area contributed by atoms with Crippen molar-refractivity contribution >= 4 is 0 Å². The fraction of sp³-hybridized carbons (Fsp3) is 0.571. The molecule has 0 saturated heterocycles. The van der Waals surface area contributed by atoms with Crippen molar-refractivity contribution < 1.29 is 4.52 Å². The van der Waals surface area contributed by atoms with Crippen LogP contribution in [0.15, 0.2) is 10.8 Å². The van der Waals surface area contributed by atoms with E-state index in [1.54, 1.807) is 6.26 Å². The third-order valence-corrected chi connectivity index (χ3v) is 0.818. The molecule has 1 aromatic heterocycles. The average Bonchev–Trinajstić information content (AvgIpc) is 2.43. The number of aryl methyl sites for hydroxylation is 1. The van der Waals surface area contributed by atoms with E-state index in [9.17, 15) is 0 Å². The molecule has 1 aromatic rings. The molecule has 0 spiro atoms. The molecule has 0 N–H and O–H groups in total. The second kappa shape index (κ2) is 7.21.